The van der Waals surface area contributed by atoms with E-state index >= 15 is 0 Å². The number of benzene rings is 3. The van der Waals surface area contributed by atoms with Gasteiger partial charge in [0.25, 0.3) is 0 Å². The van der Waals surface area contributed by atoms with Crippen molar-refractivity contribution in [2.24, 2.45) is 0 Å². The summed E-state index contributed by atoms with van der Waals surface area (Å²) < 4.78 is 5.26. The van der Waals surface area contributed by atoms with Crippen LogP contribution in [0.25, 0.3) is 0 Å². The van der Waals surface area contributed by atoms with Crippen LogP contribution >= 0.6 is 0 Å². The van der Waals surface area contributed by atoms with Gasteiger partial charge < -0.3 is 20.1 Å². The van der Waals surface area contributed by atoms with Gasteiger partial charge in [0, 0.05) is 5.92 Å². The number of phenols is 2. The van der Waals surface area contributed by atoms with Gasteiger partial charge in [-0.2, -0.15) is 0 Å². The van der Waals surface area contributed by atoms with Crippen LogP contribution in [-0.2, 0) is 4.79 Å². The maximum Gasteiger partial charge on any atom is 0.341 e. The summed E-state index contributed by atoms with van der Waals surface area (Å²) in [4.78, 5) is 10.7. The van der Waals surface area contributed by atoms with Crippen LogP contribution in [0.15, 0.2) is 48.5 Å². The molecule has 3 N–H and O–H groups in total. The molecular formula is C25H26O5. The Morgan fingerprint density at radius 3 is 2.00 bits per heavy atom. The summed E-state index contributed by atoms with van der Waals surface area (Å²) in [6.07, 6.45) is 0. The Hall–Kier alpha value is -3.47. The molecule has 0 fully saturated rings. The number of rotatable bonds is 6. The lowest BCUT2D eigenvalue weighted by Gasteiger charge is -2.23. The number of aliphatic carboxylic acids is 1. The molecule has 0 aliphatic carbocycles. The number of ether oxygens (including phenoxy) is 1. The second-order valence-electron chi connectivity index (χ2n) is 7.68. The quantitative estimate of drug-likeness (QED) is 0.503. The Balaban J connectivity index is 2.13. The Kier molecular flexibility index (Phi) is 6.01. The zero-order valence-electron chi connectivity index (χ0n) is 17.6. The summed E-state index contributed by atoms with van der Waals surface area (Å²) in [7, 11) is 0. The van der Waals surface area contributed by atoms with E-state index in [2.05, 4.69) is 0 Å². The number of carboxylic acids is 1. The zero-order chi connectivity index (χ0) is 22.0. The molecule has 0 amide bonds. The summed E-state index contributed by atoms with van der Waals surface area (Å²) in [5, 5.41) is 29.1. The minimum Gasteiger partial charge on any atom is -0.508 e. The van der Waals surface area contributed by atoms with Crippen molar-refractivity contribution in [3.05, 3.63) is 87.5 Å². The molecule has 0 heterocycles. The van der Waals surface area contributed by atoms with E-state index in [1.165, 1.54) is 0 Å². The smallest absolute Gasteiger partial charge is 0.341 e. The summed E-state index contributed by atoms with van der Waals surface area (Å²) in [5.41, 5.74) is 6.40. The second-order valence-corrected chi connectivity index (χ2v) is 7.68. The Labute approximate surface area is 176 Å². The first-order chi connectivity index (χ1) is 14.2. The highest BCUT2D eigenvalue weighted by molar-refractivity contribution is 5.68. The molecule has 0 aromatic heterocycles. The predicted molar refractivity (Wildman–Crippen MR) is 116 cm³/mol. The molecular weight excluding hydrogens is 380 g/mol. The van der Waals surface area contributed by atoms with Crippen molar-refractivity contribution in [3.63, 3.8) is 0 Å². The van der Waals surface area contributed by atoms with E-state index in [-0.39, 0.29) is 17.4 Å². The molecule has 0 saturated carbocycles. The molecule has 1 unspecified atom stereocenters. The van der Waals surface area contributed by atoms with Gasteiger partial charge in [0.2, 0.25) is 0 Å². The van der Waals surface area contributed by atoms with Gasteiger partial charge in [-0.3, -0.25) is 0 Å². The van der Waals surface area contributed by atoms with Crippen LogP contribution in [0.5, 0.6) is 17.2 Å². The van der Waals surface area contributed by atoms with Crippen molar-refractivity contribution in [1.82, 2.24) is 0 Å². The molecule has 0 radical (unpaired) electrons. The number of hydrogen-bond donors (Lipinski definition) is 3. The van der Waals surface area contributed by atoms with Gasteiger partial charge in [-0.05, 0) is 84.8 Å². The third-order valence-electron chi connectivity index (χ3n) is 5.32. The second kappa shape index (κ2) is 8.49. The average molecular weight is 406 g/mol. The number of aromatic hydroxyl groups is 2. The van der Waals surface area contributed by atoms with E-state index < -0.39 is 12.6 Å². The van der Waals surface area contributed by atoms with E-state index in [4.69, 9.17) is 9.84 Å². The first kappa shape index (κ1) is 21.2. The monoisotopic (exact) mass is 406 g/mol. The van der Waals surface area contributed by atoms with Crippen molar-refractivity contribution in [2.45, 2.75) is 33.6 Å². The predicted octanol–water partition coefficient (Wildman–Crippen LogP) is 4.98. The molecule has 0 bridgehead atoms. The summed E-state index contributed by atoms with van der Waals surface area (Å²) in [5.74, 6) is -0.131. The zero-order valence-corrected chi connectivity index (χ0v) is 17.6. The number of carbonyl (C=O) groups is 1. The largest absolute Gasteiger partial charge is 0.508 e. The highest BCUT2D eigenvalue weighted by atomic mass is 16.5. The van der Waals surface area contributed by atoms with E-state index in [0.29, 0.717) is 5.75 Å². The highest BCUT2D eigenvalue weighted by Gasteiger charge is 2.21. The fourth-order valence-electron chi connectivity index (χ4n) is 3.74. The summed E-state index contributed by atoms with van der Waals surface area (Å²) in [6.45, 7) is 7.19. The number of aryl methyl sites for hydroxylation is 4. The van der Waals surface area contributed by atoms with E-state index in [1.807, 2.05) is 58.0 Å². The normalized spacial score (nSPS) is 11.9. The first-order valence-corrected chi connectivity index (χ1v) is 9.72. The van der Waals surface area contributed by atoms with Crippen LogP contribution in [-0.4, -0.2) is 27.9 Å². The maximum absolute atomic E-state index is 10.7. The van der Waals surface area contributed by atoms with E-state index in [1.54, 1.807) is 18.2 Å². The van der Waals surface area contributed by atoms with Gasteiger partial charge >= 0.3 is 5.97 Å². The number of carboxylic acid groups (broad SMARTS) is 1. The fraction of sp³-hybridized carbons (Fsp3) is 0.240. The molecule has 1 atom stereocenters. The molecule has 5 heteroatoms. The lowest BCUT2D eigenvalue weighted by molar-refractivity contribution is -0.139. The van der Waals surface area contributed by atoms with Gasteiger partial charge in [-0.25, -0.2) is 4.79 Å². The van der Waals surface area contributed by atoms with E-state index in [9.17, 15) is 15.0 Å². The molecule has 30 heavy (non-hydrogen) atoms. The van der Waals surface area contributed by atoms with Crippen molar-refractivity contribution in [3.8, 4) is 17.2 Å². The van der Waals surface area contributed by atoms with Crippen LogP contribution in [0.1, 0.15) is 44.9 Å². The molecule has 156 valence electrons. The number of hydrogen-bond acceptors (Lipinski definition) is 4. The lowest BCUT2D eigenvalue weighted by atomic mass is 9.81. The Bertz CT molecular complexity index is 1060. The van der Waals surface area contributed by atoms with Crippen molar-refractivity contribution in [1.29, 1.82) is 0 Å². The topological polar surface area (TPSA) is 87.0 Å². The summed E-state index contributed by atoms with van der Waals surface area (Å²) >= 11 is 0. The van der Waals surface area contributed by atoms with Gasteiger partial charge in [0.05, 0.1) is 0 Å². The minimum absolute atomic E-state index is 0.129. The van der Waals surface area contributed by atoms with Gasteiger partial charge in [-0.1, -0.05) is 30.3 Å². The number of phenolic OH excluding ortho intramolecular Hbond substituents is 2. The molecule has 0 aliphatic heterocycles. The standard InChI is InChI=1S/C25H26O5/c1-14-12-22(26)15(2)11-21(14)24(19-9-16(3)25(29)17(4)10-19)18-5-7-20(8-6-18)30-13-23(27)28/h5-12,24,26,29H,13H2,1-4H3,(H,27,28). The fourth-order valence-corrected chi connectivity index (χ4v) is 3.74. The third kappa shape index (κ3) is 4.40. The van der Waals surface area contributed by atoms with Crippen LogP contribution in [0.4, 0.5) is 0 Å². The molecule has 3 aromatic rings. The SMILES string of the molecule is Cc1cc(C(c2ccc(OCC(=O)O)cc2)c2cc(C)c(O)c(C)c2)c(C)cc1O. The van der Waals surface area contributed by atoms with Crippen LogP contribution in [0.2, 0.25) is 0 Å². The molecule has 3 rings (SSSR count). The van der Waals surface area contributed by atoms with Crippen LogP contribution in [0, 0.1) is 27.7 Å². The molecule has 5 nitrogen and oxygen atoms in total. The van der Waals surface area contributed by atoms with Crippen LogP contribution < -0.4 is 4.74 Å². The van der Waals surface area contributed by atoms with Gasteiger partial charge in [-0.15, -0.1) is 0 Å². The highest BCUT2D eigenvalue weighted by Crippen LogP contribution is 2.39. The Morgan fingerprint density at radius 2 is 1.43 bits per heavy atom. The molecule has 0 aliphatic rings. The molecule has 3 aromatic carbocycles. The molecule has 0 saturated heterocycles. The third-order valence-corrected chi connectivity index (χ3v) is 5.32. The van der Waals surface area contributed by atoms with Crippen molar-refractivity contribution in [2.75, 3.05) is 6.61 Å². The summed E-state index contributed by atoms with van der Waals surface area (Å²) in [6, 6.07) is 15.1. The van der Waals surface area contributed by atoms with Gasteiger partial charge in [0.1, 0.15) is 17.2 Å². The van der Waals surface area contributed by atoms with E-state index in [0.717, 1.165) is 38.9 Å². The Morgan fingerprint density at radius 1 is 0.833 bits per heavy atom. The van der Waals surface area contributed by atoms with Gasteiger partial charge in [0.15, 0.2) is 6.61 Å². The maximum atomic E-state index is 10.7. The minimum atomic E-state index is -1.03. The van der Waals surface area contributed by atoms with Crippen LogP contribution in [0.3, 0.4) is 0 Å². The first-order valence-electron chi connectivity index (χ1n) is 9.72. The van der Waals surface area contributed by atoms with Crippen molar-refractivity contribution >= 4 is 5.97 Å². The van der Waals surface area contributed by atoms with Crippen molar-refractivity contribution < 1.29 is 24.9 Å². The molecule has 0 spiro atoms. The average Bonchev–Trinajstić information content (AvgIpc) is 2.69. The lowest BCUT2D eigenvalue weighted by Crippen LogP contribution is -2.10.